The Morgan fingerprint density at radius 3 is 2.81 bits per heavy atom. The average molecular weight is 414 g/mol. The number of thiophene rings is 1. The highest BCUT2D eigenvalue weighted by Crippen LogP contribution is 2.45. The third-order valence-corrected chi connectivity index (χ3v) is 6.62. The van der Waals surface area contributed by atoms with E-state index in [-0.39, 0.29) is 10.9 Å². The van der Waals surface area contributed by atoms with Gasteiger partial charge in [-0.05, 0) is 37.7 Å². The fraction of sp³-hybridized carbons (Fsp3) is 0.444. The first kappa shape index (κ1) is 18.6. The molecule has 0 atom stereocenters. The third kappa shape index (κ3) is 3.81. The van der Waals surface area contributed by atoms with Crippen molar-refractivity contribution in [2.24, 2.45) is 0 Å². The standard InChI is InChI=1S/C18H17F3N2O2S2/c19-18(20,21)13-9-26-16(22-13)14-11-6-7-25-8-12(11)27-17(14)23-15(24)10-4-2-1-3-5-10/h4,9H,1-3,5-8H2,(H,23,24). The number of aromatic nitrogens is 1. The lowest BCUT2D eigenvalue weighted by Crippen LogP contribution is -2.15. The number of halogens is 3. The minimum atomic E-state index is -4.48. The first-order chi connectivity index (χ1) is 12.9. The maximum atomic E-state index is 13.0. The molecule has 4 nitrogen and oxygen atoms in total. The highest BCUT2D eigenvalue weighted by molar-refractivity contribution is 7.18. The van der Waals surface area contributed by atoms with Crippen molar-refractivity contribution in [3.8, 4) is 10.6 Å². The highest BCUT2D eigenvalue weighted by Gasteiger charge is 2.35. The van der Waals surface area contributed by atoms with E-state index in [2.05, 4.69) is 10.3 Å². The normalized spacial score (nSPS) is 17.4. The Balaban J connectivity index is 1.71. The molecule has 2 aliphatic rings. The molecule has 0 saturated carbocycles. The van der Waals surface area contributed by atoms with Crippen LogP contribution in [0.1, 0.15) is 41.8 Å². The second kappa shape index (κ2) is 7.37. The molecule has 1 amide bonds. The summed E-state index contributed by atoms with van der Waals surface area (Å²) in [5.41, 5.74) is 1.39. The molecule has 2 aromatic rings. The van der Waals surface area contributed by atoms with E-state index in [1.54, 1.807) is 0 Å². The summed E-state index contributed by atoms with van der Waals surface area (Å²) >= 11 is 2.32. The molecule has 1 aliphatic carbocycles. The Labute approximate surface area is 162 Å². The number of allylic oxidation sites excluding steroid dienone is 1. The molecule has 0 spiro atoms. The number of rotatable bonds is 3. The van der Waals surface area contributed by atoms with Crippen LogP contribution in [-0.2, 0) is 28.7 Å². The molecule has 2 aromatic heterocycles. The number of carbonyl (C=O) groups excluding carboxylic acids is 1. The van der Waals surface area contributed by atoms with Crippen LogP contribution in [0.4, 0.5) is 18.2 Å². The van der Waals surface area contributed by atoms with Crippen LogP contribution in [0.25, 0.3) is 10.6 Å². The largest absolute Gasteiger partial charge is 0.434 e. The van der Waals surface area contributed by atoms with Crippen molar-refractivity contribution in [2.45, 2.75) is 44.9 Å². The zero-order chi connectivity index (χ0) is 19.0. The molecule has 0 fully saturated rings. The second-order valence-electron chi connectivity index (χ2n) is 6.48. The molecule has 0 bridgehead atoms. The van der Waals surface area contributed by atoms with Gasteiger partial charge in [0.25, 0.3) is 5.91 Å². The molecule has 3 heterocycles. The Kier molecular flexibility index (Phi) is 5.09. The molecular weight excluding hydrogens is 397 g/mol. The molecule has 0 unspecified atom stereocenters. The Hall–Kier alpha value is -1.71. The zero-order valence-electron chi connectivity index (χ0n) is 14.3. The molecule has 9 heteroatoms. The number of carbonyl (C=O) groups is 1. The van der Waals surface area contributed by atoms with E-state index >= 15 is 0 Å². The summed E-state index contributed by atoms with van der Waals surface area (Å²) in [5, 5.41) is 4.79. The first-order valence-corrected chi connectivity index (χ1v) is 10.4. The van der Waals surface area contributed by atoms with Gasteiger partial charge in [0.2, 0.25) is 0 Å². The lowest BCUT2D eigenvalue weighted by atomic mass is 9.99. The predicted octanol–water partition coefficient (Wildman–Crippen LogP) is 5.40. The Morgan fingerprint density at radius 1 is 1.26 bits per heavy atom. The third-order valence-electron chi connectivity index (χ3n) is 4.64. The quantitative estimate of drug-likeness (QED) is 0.731. The fourth-order valence-corrected chi connectivity index (χ4v) is 5.44. The van der Waals surface area contributed by atoms with Gasteiger partial charge in [-0.15, -0.1) is 22.7 Å². The van der Waals surface area contributed by atoms with Crippen molar-refractivity contribution in [1.29, 1.82) is 0 Å². The van der Waals surface area contributed by atoms with Crippen molar-refractivity contribution in [2.75, 3.05) is 11.9 Å². The summed E-state index contributed by atoms with van der Waals surface area (Å²) in [4.78, 5) is 17.4. The van der Waals surface area contributed by atoms with E-state index < -0.39 is 11.9 Å². The predicted molar refractivity (Wildman–Crippen MR) is 99.0 cm³/mol. The summed E-state index contributed by atoms with van der Waals surface area (Å²) in [6.07, 6.45) is 1.72. The van der Waals surface area contributed by atoms with Crippen molar-refractivity contribution < 1.29 is 22.7 Å². The Morgan fingerprint density at radius 2 is 2.11 bits per heavy atom. The lowest BCUT2D eigenvalue weighted by Gasteiger charge is -2.14. The smallest absolute Gasteiger partial charge is 0.376 e. The van der Waals surface area contributed by atoms with Crippen molar-refractivity contribution in [3.63, 3.8) is 0 Å². The maximum absolute atomic E-state index is 13.0. The molecule has 1 N–H and O–H groups in total. The summed E-state index contributed by atoms with van der Waals surface area (Å²) in [6.45, 7) is 0.913. The van der Waals surface area contributed by atoms with E-state index in [0.29, 0.717) is 30.2 Å². The van der Waals surface area contributed by atoms with Gasteiger partial charge in [-0.25, -0.2) is 4.98 Å². The number of nitrogens with one attached hydrogen (secondary N) is 1. The SMILES string of the molecule is O=C(Nc1sc2c(c1-c1nc(C(F)(F)F)cs1)CCOC2)C1=CCCCC1. The molecule has 4 rings (SSSR count). The monoisotopic (exact) mass is 414 g/mol. The second-order valence-corrected chi connectivity index (χ2v) is 8.44. The number of fused-ring (bicyclic) bond motifs is 1. The molecule has 1 aliphatic heterocycles. The highest BCUT2D eigenvalue weighted by atomic mass is 32.1. The number of hydrogen-bond donors (Lipinski definition) is 1. The number of hydrogen-bond acceptors (Lipinski definition) is 5. The number of nitrogens with zero attached hydrogens (tertiary/aromatic N) is 1. The van der Waals surface area contributed by atoms with Gasteiger partial charge in [0.05, 0.1) is 13.2 Å². The van der Waals surface area contributed by atoms with Gasteiger partial charge >= 0.3 is 6.18 Å². The summed E-state index contributed by atoms with van der Waals surface area (Å²) in [5.74, 6) is -0.178. The minimum Gasteiger partial charge on any atom is -0.376 e. The van der Waals surface area contributed by atoms with Crippen LogP contribution in [0.5, 0.6) is 0 Å². The van der Waals surface area contributed by atoms with Crippen LogP contribution in [0.2, 0.25) is 0 Å². The number of alkyl halides is 3. The van der Waals surface area contributed by atoms with Crippen LogP contribution >= 0.6 is 22.7 Å². The number of thiazole rings is 1. The van der Waals surface area contributed by atoms with Gasteiger partial charge in [-0.1, -0.05) is 6.08 Å². The summed E-state index contributed by atoms with van der Waals surface area (Å²) in [7, 11) is 0. The minimum absolute atomic E-state index is 0.178. The topological polar surface area (TPSA) is 51.2 Å². The van der Waals surface area contributed by atoms with Crippen molar-refractivity contribution >= 4 is 33.6 Å². The molecular formula is C18H17F3N2O2S2. The van der Waals surface area contributed by atoms with E-state index in [4.69, 9.17) is 4.74 Å². The molecule has 0 aromatic carbocycles. The summed E-state index contributed by atoms with van der Waals surface area (Å²) in [6, 6.07) is 0. The van der Waals surface area contributed by atoms with Gasteiger partial charge in [0.1, 0.15) is 10.0 Å². The Bertz CT molecular complexity index is 899. The van der Waals surface area contributed by atoms with Crippen LogP contribution in [0, 0.1) is 0 Å². The van der Waals surface area contributed by atoms with Crippen LogP contribution in [-0.4, -0.2) is 17.5 Å². The van der Waals surface area contributed by atoms with Gasteiger partial charge in [-0.2, -0.15) is 13.2 Å². The molecule has 0 saturated heterocycles. The zero-order valence-corrected chi connectivity index (χ0v) is 16.0. The van der Waals surface area contributed by atoms with Crippen LogP contribution in [0.15, 0.2) is 17.0 Å². The fourth-order valence-electron chi connectivity index (χ4n) is 3.29. The number of anilines is 1. The van der Waals surface area contributed by atoms with Crippen molar-refractivity contribution in [1.82, 2.24) is 4.98 Å². The van der Waals surface area contributed by atoms with Gasteiger partial charge in [0.15, 0.2) is 5.69 Å². The van der Waals surface area contributed by atoms with E-state index in [1.165, 1.54) is 11.3 Å². The lowest BCUT2D eigenvalue weighted by molar-refractivity contribution is -0.140. The van der Waals surface area contributed by atoms with Crippen LogP contribution < -0.4 is 5.32 Å². The molecule has 27 heavy (non-hydrogen) atoms. The van der Waals surface area contributed by atoms with Crippen molar-refractivity contribution in [3.05, 3.63) is 33.2 Å². The van der Waals surface area contributed by atoms with Crippen LogP contribution in [0.3, 0.4) is 0 Å². The average Bonchev–Trinajstić information content (AvgIpc) is 3.26. The number of ether oxygens (including phenoxy) is 1. The van der Waals surface area contributed by atoms with Gasteiger partial charge in [-0.3, -0.25) is 4.79 Å². The summed E-state index contributed by atoms with van der Waals surface area (Å²) < 4.78 is 44.4. The number of amides is 1. The molecule has 0 radical (unpaired) electrons. The van der Waals surface area contributed by atoms with E-state index in [0.717, 1.165) is 58.4 Å². The molecule has 144 valence electrons. The first-order valence-electron chi connectivity index (χ1n) is 8.69. The maximum Gasteiger partial charge on any atom is 0.434 e. The van der Waals surface area contributed by atoms with E-state index in [9.17, 15) is 18.0 Å². The van der Waals surface area contributed by atoms with E-state index in [1.807, 2.05) is 6.08 Å². The van der Waals surface area contributed by atoms with Gasteiger partial charge < -0.3 is 10.1 Å². The van der Waals surface area contributed by atoms with Gasteiger partial charge in [0, 0.05) is 21.4 Å².